The number of tetrazole rings is 1. The van der Waals surface area contributed by atoms with Crippen molar-refractivity contribution in [2.24, 2.45) is 0 Å². The largest absolute Gasteiger partial charge is 0.377 e. The standard InChI is InChI=1S/C23H18Cl2N6O5S/c1-2-29(22(33)31-23(34)30(27-28-31)20-18(24)9-6-10-19(20)25)16-13-11-15(12-14-16)21(32)26-37(35,36)17-7-4-3-5-8-17/h3-14H,2H2,1H3,(H,26,32). The number of benzene rings is 3. The summed E-state index contributed by atoms with van der Waals surface area (Å²) in [5.74, 6) is -0.847. The Labute approximate surface area is 220 Å². The maximum absolute atomic E-state index is 13.1. The van der Waals surface area contributed by atoms with Crippen LogP contribution in [0, 0.1) is 0 Å². The molecule has 3 aromatic carbocycles. The van der Waals surface area contributed by atoms with Crippen LogP contribution in [0.3, 0.4) is 0 Å². The second-order valence-electron chi connectivity index (χ2n) is 7.48. The van der Waals surface area contributed by atoms with Crippen LogP contribution in [0.2, 0.25) is 10.0 Å². The van der Waals surface area contributed by atoms with Gasteiger partial charge in [0, 0.05) is 17.8 Å². The van der Waals surface area contributed by atoms with Crippen LogP contribution in [-0.2, 0) is 10.0 Å². The predicted octanol–water partition coefficient (Wildman–Crippen LogP) is 3.35. The Balaban J connectivity index is 1.56. The van der Waals surface area contributed by atoms with Crippen molar-refractivity contribution in [1.82, 2.24) is 24.5 Å². The zero-order valence-corrected chi connectivity index (χ0v) is 21.4. The van der Waals surface area contributed by atoms with Crippen molar-refractivity contribution in [3.8, 4) is 5.69 Å². The average molecular weight is 561 g/mol. The van der Waals surface area contributed by atoms with Crippen molar-refractivity contribution in [3.05, 3.63) is 98.9 Å². The summed E-state index contributed by atoms with van der Waals surface area (Å²) < 4.78 is 28.2. The third-order valence-corrected chi connectivity index (χ3v) is 7.14. The summed E-state index contributed by atoms with van der Waals surface area (Å²) in [6, 6.07) is 16.8. The second kappa shape index (κ2) is 10.5. The van der Waals surface area contributed by atoms with Gasteiger partial charge in [0.2, 0.25) is 0 Å². The van der Waals surface area contributed by atoms with Crippen molar-refractivity contribution in [1.29, 1.82) is 0 Å². The SMILES string of the molecule is CCN(C(=O)n1nnn(-c2c(Cl)cccc2Cl)c1=O)c1ccc(C(=O)NS(=O)(=O)c2ccccc2)cc1. The molecule has 0 atom stereocenters. The number of halogens is 2. The first-order valence-corrected chi connectivity index (χ1v) is 12.9. The third-order valence-electron chi connectivity index (χ3n) is 5.18. The summed E-state index contributed by atoms with van der Waals surface area (Å²) in [7, 11) is -4.06. The van der Waals surface area contributed by atoms with Crippen molar-refractivity contribution < 1.29 is 18.0 Å². The Morgan fingerprint density at radius 3 is 2.14 bits per heavy atom. The molecule has 14 heteroatoms. The molecule has 0 aliphatic carbocycles. The predicted molar refractivity (Wildman–Crippen MR) is 137 cm³/mol. The molecule has 0 radical (unpaired) electrons. The van der Waals surface area contributed by atoms with Crippen molar-refractivity contribution in [3.63, 3.8) is 0 Å². The topological polar surface area (TPSA) is 136 Å². The van der Waals surface area contributed by atoms with E-state index < -0.39 is 27.7 Å². The minimum atomic E-state index is -4.06. The number of sulfonamides is 1. The van der Waals surface area contributed by atoms with Crippen molar-refractivity contribution >= 4 is 50.9 Å². The maximum atomic E-state index is 13.1. The first-order chi connectivity index (χ1) is 17.6. The van der Waals surface area contributed by atoms with Gasteiger partial charge in [-0.2, -0.15) is 4.68 Å². The smallest absolute Gasteiger partial charge is 0.293 e. The van der Waals surface area contributed by atoms with Gasteiger partial charge in [-0.05, 0) is 65.9 Å². The summed E-state index contributed by atoms with van der Waals surface area (Å²) in [5.41, 5.74) is -0.435. The molecule has 4 rings (SSSR count). The molecule has 11 nitrogen and oxygen atoms in total. The minimum Gasteiger partial charge on any atom is -0.293 e. The van der Waals surface area contributed by atoms with E-state index in [1.54, 1.807) is 19.1 Å². The lowest BCUT2D eigenvalue weighted by atomic mass is 10.2. The first-order valence-electron chi connectivity index (χ1n) is 10.7. The summed E-state index contributed by atoms with van der Waals surface area (Å²) >= 11 is 12.3. The van der Waals surface area contributed by atoms with Gasteiger partial charge in [-0.25, -0.2) is 22.7 Å². The van der Waals surface area contributed by atoms with Crippen LogP contribution >= 0.6 is 23.2 Å². The molecule has 1 aromatic heterocycles. The molecule has 1 N–H and O–H groups in total. The van der Waals surface area contributed by atoms with E-state index in [1.165, 1.54) is 65.6 Å². The number of nitrogens with one attached hydrogen (secondary N) is 1. The number of carbonyl (C=O) groups is 2. The molecular formula is C23H18Cl2N6O5S. The fraction of sp³-hybridized carbons (Fsp3) is 0.0870. The Hall–Kier alpha value is -4.00. The minimum absolute atomic E-state index is 0.0447. The summed E-state index contributed by atoms with van der Waals surface area (Å²) in [4.78, 5) is 39.7. The van der Waals surface area contributed by atoms with E-state index in [0.717, 1.165) is 4.68 Å². The lowest BCUT2D eigenvalue weighted by Gasteiger charge is -2.19. The van der Waals surface area contributed by atoms with Crippen molar-refractivity contribution in [2.75, 3.05) is 11.4 Å². The van der Waals surface area contributed by atoms with Crippen LogP contribution in [0.4, 0.5) is 10.5 Å². The van der Waals surface area contributed by atoms with Gasteiger partial charge in [0.1, 0.15) is 5.69 Å². The van der Waals surface area contributed by atoms with E-state index in [1.807, 2.05) is 4.72 Å². The lowest BCUT2D eigenvalue weighted by Crippen LogP contribution is -2.41. The number of para-hydroxylation sites is 1. The fourth-order valence-corrected chi connectivity index (χ4v) is 4.93. The number of carbonyl (C=O) groups excluding carboxylic acids is 2. The Bertz CT molecular complexity index is 1620. The van der Waals surface area contributed by atoms with Crippen molar-refractivity contribution in [2.45, 2.75) is 11.8 Å². The molecule has 0 saturated carbocycles. The second-order valence-corrected chi connectivity index (χ2v) is 9.97. The monoisotopic (exact) mass is 560 g/mol. The maximum Gasteiger partial charge on any atom is 0.377 e. The zero-order valence-electron chi connectivity index (χ0n) is 19.1. The molecule has 0 spiro atoms. The molecule has 0 saturated heterocycles. The molecule has 37 heavy (non-hydrogen) atoms. The van der Waals surface area contributed by atoms with Gasteiger partial charge in [-0.1, -0.05) is 47.5 Å². The molecule has 0 bridgehead atoms. The van der Waals surface area contributed by atoms with Crippen LogP contribution < -0.4 is 15.3 Å². The Kier molecular flexibility index (Phi) is 7.43. The highest BCUT2D eigenvalue weighted by Crippen LogP contribution is 2.26. The lowest BCUT2D eigenvalue weighted by molar-refractivity contribution is 0.0981. The number of amides is 2. The molecule has 1 heterocycles. The molecule has 2 amide bonds. The van der Waals surface area contributed by atoms with Crippen LogP contribution in [0.15, 0.2) is 82.5 Å². The van der Waals surface area contributed by atoms with Crippen LogP contribution in [-0.4, -0.2) is 46.7 Å². The molecular weight excluding hydrogens is 543 g/mol. The summed E-state index contributed by atoms with van der Waals surface area (Å²) in [6.45, 7) is 1.81. The fourth-order valence-electron chi connectivity index (χ4n) is 3.37. The van der Waals surface area contributed by atoms with E-state index in [0.29, 0.717) is 10.4 Å². The first kappa shape index (κ1) is 26.1. The molecule has 4 aromatic rings. The Morgan fingerprint density at radius 2 is 1.54 bits per heavy atom. The van der Waals surface area contributed by atoms with E-state index in [4.69, 9.17) is 23.2 Å². The number of hydrogen-bond donors (Lipinski definition) is 1. The van der Waals surface area contributed by atoms with Gasteiger partial charge in [0.15, 0.2) is 0 Å². The number of nitrogens with zero attached hydrogens (tertiary/aromatic N) is 5. The van der Waals surface area contributed by atoms with Crippen LogP contribution in [0.25, 0.3) is 5.69 Å². The summed E-state index contributed by atoms with van der Waals surface area (Å²) in [5, 5.41) is 7.67. The van der Waals surface area contributed by atoms with E-state index in [-0.39, 0.29) is 32.7 Å². The van der Waals surface area contributed by atoms with Gasteiger partial charge in [-0.15, -0.1) is 4.68 Å². The zero-order chi connectivity index (χ0) is 26.7. The number of hydrogen-bond acceptors (Lipinski definition) is 7. The van der Waals surface area contributed by atoms with E-state index in [2.05, 4.69) is 10.4 Å². The highest BCUT2D eigenvalue weighted by molar-refractivity contribution is 7.90. The van der Waals surface area contributed by atoms with Gasteiger partial charge < -0.3 is 0 Å². The van der Waals surface area contributed by atoms with E-state index >= 15 is 0 Å². The van der Waals surface area contributed by atoms with Gasteiger partial charge >= 0.3 is 11.7 Å². The quantitative estimate of drug-likeness (QED) is 0.357. The molecule has 190 valence electrons. The number of rotatable bonds is 6. The summed E-state index contributed by atoms with van der Waals surface area (Å²) in [6.07, 6.45) is 0. The Morgan fingerprint density at radius 1 is 0.919 bits per heavy atom. The third kappa shape index (κ3) is 5.26. The molecule has 0 aliphatic rings. The highest BCUT2D eigenvalue weighted by Gasteiger charge is 2.24. The van der Waals surface area contributed by atoms with Gasteiger partial charge in [0.05, 0.1) is 14.9 Å². The highest BCUT2D eigenvalue weighted by atomic mass is 35.5. The molecule has 0 fully saturated rings. The normalized spacial score (nSPS) is 11.2. The number of aromatic nitrogens is 4. The number of anilines is 1. The molecule has 0 aliphatic heterocycles. The van der Waals surface area contributed by atoms with Crippen LogP contribution in [0.1, 0.15) is 17.3 Å². The average Bonchev–Trinajstić information content (AvgIpc) is 3.25. The van der Waals surface area contributed by atoms with Crippen LogP contribution in [0.5, 0.6) is 0 Å². The van der Waals surface area contributed by atoms with Gasteiger partial charge in [0.25, 0.3) is 15.9 Å². The van der Waals surface area contributed by atoms with Gasteiger partial charge in [-0.3, -0.25) is 9.69 Å². The molecule has 0 unspecified atom stereocenters. The van der Waals surface area contributed by atoms with E-state index in [9.17, 15) is 22.8 Å².